The quantitative estimate of drug-likeness (QED) is 0.303. The number of fused-ring (bicyclic) bond motifs is 6. The summed E-state index contributed by atoms with van der Waals surface area (Å²) in [6, 6.07) is 13.4. The number of hydrogen-bond donors (Lipinski definition) is 0. The van der Waals surface area contributed by atoms with Crippen molar-refractivity contribution >= 4 is 33.5 Å². The normalized spacial score (nSPS) is 15.6. The molecule has 4 nitrogen and oxygen atoms in total. The molecule has 0 N–H and O–H groups in total. The molecule has 0 saturated carbocycles. The fourth-order valence-electron chi connectivity index (χ4n) is 3.69. The zero-order valence-corrected chi connectivity index (χ0v) is 14.9. The zero-order valence-electron chi connectivity index (χ0n) is 14.2. The zero-order chi connectivity index (χ0) is 18.0. The van der Waals surface area contributed by atoms with Gasteiger partial charge in [0.05, 0.1) is 16.5 Å². The molecule has 1 aliphatic heterocycles. The van der Waals surface area contributed by atoms with E-state index in [4.69, 9.17) is 20.8 Å². The van der Waals surface area contributed by atoms with Crippen LogP contribution in [0.5, 0.6) is 11.5 Å². The number of pyridine rings is 1. The number of aryl methyl sites for hydroxylation is 1. The van der Waals surface area contributed by atoms with Crippen molar-refractivity contribution in [2.24, 2.45) is 0 Å². The van der Waals surface area contributed by atoms with E-state index in [0.717, 1.165) is 27.4 Å². The fraction of sp³-hybridized carbons (Fsp3) is 0.143. The average molecular weight is 364 g/mol. The number of aromatic nitrogens is 1. The minimum atomic E-state index is -0.404. The summed E-state index contributed by atoms with van der Waals surface area (Å²) in [4.78, 5) is 17.1. The number of benzene rings is 2. The summed E-state index contributed by atoms with van der Waals surface area (Å²) in [5.74, 6) is 0.931. The van der Waals surface area contributed by atoms with Gasteiger partial charge in [-0.05, 0) is 31.2 Å². The fourth-order valence-corrected chi connectivity index (χ4v) is 4.03. The molecule has 0 radical (unpaired) electrons. The van der Waals surface area contributed by atoms with E-state index in [1.54, 1.807) is 6.07 Å². The van der Waals surface area contributed by atoms with E-state index in [2.05, 4.69) is 4.98 Å². The summed E-state index contributed by atoms with van der Waals surface area (Å²) in [6.07, 6.45) is 0. The highest BCUT2D eigenvalue weighted by atomic mass is 35.5. The van der Waals surface area contributed by atoms with Gasteiger partial charge in [-0.1, -0.05) is 42.3 Å². The van der Waals surface area contributed by atoms with Crippen molar-refractivity contribution in [2.75, 3.05) is 0 Å². The molecule has 5 rings (SSSR count). The molecule has 3 heterocycles. The van der Waals surface area contributed by atoms with Crippen LogP contribution < -0.4 is 10.4 Å². The smallest absolute Gasteiger partial charge is 0.343 e. The van der Waals surface area contributed by atoms with Crippen molar-refractivity contribution in [1.82, 2.24) is 4.98 Å². The molecular weight excluding hydrogens is 350 g/mol. The minimum Gasteiger partial charge on any atom is -0.455 e. The Morgan fingerprint density at radius 3 is 2.65 bits per heavy atom. The molecule has 128 valence electrons. The Bertz CT molecular complexity index is 1280. The first kappa shape index (κ1) is 15.4. The average Bonchev–Trinajstić information content (AvgIpc) is 2.62. The third-order valence-corrected chi connectivity index (χ3v) is 5.24. The van der Waals surface area contributed by atoms with Gasteiger partial charge in [-0.25, -0.2) is 9.78 Å². The van der Waals surface area contributed by atoms with Crippen LogP contribution in [-0.2, 0) is 0 Å². The number of hydrogen-bond acceptors (Lipinski definition) is 4. The molecule has 26 heavy (non-hydrogen) atoms. The van der Waals surface area contributed by atoms with Gasteiger partial charge in [0.1, 0.15) is 22.2 Å². The van der Waals surface area contributed by atoms with Gasteiger partial charge in [-0.2, -0.15) is 0 Å². The molecule has 2 aromatic carbocycles. The highest BCUT2D eigenvalue weighted by molar-refractivity contribution is 6.31. The van der Waals surface area contributed by atoms with Gasteiger partial charge in [0.25, 0.3) is 0 Å². The van der Waals surface area contributed by atoms with E-state index in [9.17, 15) is 4.79 Å². The van der Waals surface area contributed by atoms with Crippen molar-refractivity contribution in [3.8, 4) is 11.5 Å². The van der Waals surface area contributed by atoms with Crippen molar-refractivity contribution in [3.05, 3.63) is 74.7 Å². The van der Waals surface area contributed by atoms with Crippen molar-refractivity contribution in [2.45, 2.75) is 19.8 Å². The Labute approximate surface area is 154 Å². The molecule has 1 unspecified atom stereocenters. The molecule has 2 aromatic heterocycles. The van der Waals surface area contributed by atoms with Crippen LogP contribution in [0.15, 0.2) is 51.7 Å². The first-order valence-corrected chi connectivity index (χ1v) is 8.75. The lowest BCUT2D eigenvalue weighted by molar-refractivity contribution is 0.440. The molecule has 0 amide bonds. The Morgan fingerprint density at radius 1 is 1.04 bits per heavy atom. The van der Waals surface area contributed by atoms with Gasteiger partial charge >= 0.3 is 5.63 Å². The third kappa shape index (κ3) is 2.02. The molecule has 0 fully saturated rings. The van der Waals surface area contributed by atoms with E-state index in [0.29, 0.717) is 27.8 Å². The van der Waals surface area contributed by atoms with Crippen LogP contribution in [0.3, 0.4) is 0 Å². The van der Waals surface area contributed by atoms with Gasteiger partial charge in [-0.15, -0.1) is 0 Å². The Kier molecular flexibility index (Phi) is 3.15. The molecule has 1 atom stereocenters. The Balaban J connectivity index is 1.91. The van der Waals surface area contributed by atoms with E-state index >= 15 is 0 Å². The van der Waals surface area contributed by atoms with E-state index in [1.165, 1.54) is 0 Å². The molecular formula is C21H14ClNO3. The first-order chi connectivity index (χ1) is 12.5. The maximum absolute atomic E-state index is 12.6. The second kappa shape index (κ2) is 5.32. The van der Waals surface area contributed by atoms with Crippen molar-refractivity contribution in [1.29, 1.82) is 0 Å². The van der Waals surface area contributed by atoms with Crippen LogP contribution in [-0.4, -0.2) is 4.98 Å². The number of para-hydroxylation sites is 1. The van der Waals surface area contributed by atoms with E-state index in [1.807, 2.05) is 50.2 Å². The number of halogens is 1. The summed E-state index contributed by atoms with van der Waals surface area (Å²) >= 11 is 6.45. The first-order valence-electron chi connectivity index (χ1n) is 8.38. The largest absolute Gasteiger partial charge is 0.455 e. The molecule has 0 saturated heterocycles. The lowest BCUT2D eigenvalue weighted by atomic mass is 9.89. The summed E-state index contributed by atoms with van der Waals surface area (Å²) in [7, 11) is 0. The maximum Gasteiger partial charge on any atom is 0.343 e. The molecule has 4 aromatic rings. The van der Waals surface area contributed by atoms with Crippen molar-refractivity contribution in [3.63, 3.8) is 0 Å². The summed E-state index contributed by atoms with van der Waals surface area (Å²) in [5.41, 5.74) is 3.13. The predicted octanol–water partition coefficient (Wildman–Crippen LogP) is 5.56. The second-order valence-corrected chi connectivity index (χ2v) is 6.98. The van der Waals surface area contributed by atoms with Crippen LogP contribution in [0.25, 0.3) is 21.9 Å². The van der Waals surface area contributed by atoms with Gasteiger partial charge in [0.2, 0.25) is 0 Å². The van der Waals surface area contributed by atoms with Crippen LogP contribution in [0, 0.1) is 6.92 Å². The molecule has 0 aliphatic carbocycles. The maximum atomic E-state index is 12.6. The Hall–Kier alpha value is -2.85. The lowest BCUT2D eigenvalue weighted by Crippen LogP contribution is -2.19. The monoisotopic (exact) mass is 363 g/mol. The highest BCUT2D eigenvalue weighted by Gasteiger charge is 2.33. The molecule has 5 heteroatoms. The number of ether oxygens (including phenoxy) is 1. The van der Waals surface area contributed by atoms with Gasteiger partial charge in [0, 0.05) is 16.9 Å². The van der Waals surface area contributed by atoms with Crippen LogP contribution in [0.2, 0.25) is 5.15 Å². The molecule has 1 aliphatic rings. The van der Waals surface area contributed by atoms with Crippen LogP contribution >= 0.6 is 11.6 Å². The minimum absolute atomic E-state index is 0.278. The number of rotatable bonds is 0. The lowest BCUT2D eigenvalue weighted by Gasteiger charge is -2.27. The molecule has 0 spiro atoms. The van der Waals surface area contributed by atoms with Crippen molar-refractivity contribution < 1.29 is 9.15 Å². The van der Waals surface area contributed by atoms with E-state index < -0.39 is 5.63 Å². The van der Waals surface area contributed by atoms with E-state index in [-0.39, 0.29) is 5.92 Å². The summed E-state index contributed by atoms with van der Waals surface area (Å²) < 4.78 is 11.8. The predicted molar refractivity (Wildman–Crippen MR) is 102 cm³/mol. The summed E-state index contributed by atoms with van der Waals surface area (Å²) in [5, 5.41) is 2.01. The topological polar surface area (TPSA) is 52.3 Å². The van der Waals surface area contributed by atoms with Gasteiger partial charge in [0.15, 0.2) is 0 Å². The SMILES string of the molecule is Cc1ccc2oc(=O)c3c(c2c1)Oc1c(c(Cl)nc2ccccc12)C3C. The van der Waals surface area contributed by atoms with Gasteiger partial charge < -0.3 is 9.15 Å². The second-order valence-electron chi connectivity index (χ2n) is 6.62. The molecule has 0 bridgehead atoms. The summed E-state index contributed by atoms with van der Waals surface area (Å²) in [6.45, 7) is 3.92. The highest BCUT2D eigenvalue weighted by Crippen LogP contribution is 2.50. The van der Waals surface area contributed by atoms with Crippen LogP contribution in [0.4, 0.5) is 0 Å². The number of nitrogens with zero attached hydrogens (tertiary/aromatic N) is 1. The Morgan fingerprint density at radius 2 is 1.81 bits per heavy atom. The van der Waals surface area contributed by atoms with Crippen LogP contribution in [0.1, 0.15) is 29.5 Å². The third-order valence-electron chi connectivity index (χ3n) is 4.95. The standard InChI is InChI=1S/C21H14ClNO3/c1-10-7-8-15-13(9-10)19-17(21(24)25-15)11(2)16-18(26-19)12-5-3-4-6-14(12)23-20(16)22/h3-9,11H,1-2H3. The van der Waals surface area contributed by atoms with Gasteiger partial charge in [-0.3, -0.25) is 0 Å².